The number of esters is 2. The van der Waals surface area contributed by atoms with Crippen LogP contribution >= 0.6 is 11.6 Å². The second kappa shape index (κ2) is 10.1. The Morgan fingerprint density at radius 1 is 1.12 bits per heavy atom. The first-order chi connectivity index (χ1) is 15.6. The molecule has 0 bridgehead atoms. The maximum Gasteiger partial charge on any atom is 0.311 e. The molecule has 1 heterocycles. The number of rotatable bonds is 9. The molecule has 0 saturated heterocycles. The lowest BCUT2D eigenvalue weighted by atomic mass is 9.91. The Bertz CT molecular complexity index is 1160. The molecule has 0 aliphatic heterocycles. The molecule has 3 aromatic rings. The average Bonchev–Trinajstić information content (AvgIpc) is 3.17. The smallest absolute Gasteiger partial charge is 0.311 e. The van der Waals surface area contributed by atoms with Crippen molar-refractivity contribution >= 4 is 34.6 Å². The summed E-state index contributed by atoms with van der Waals surface area (Å²) in [5.74, 6) is -0.693. The molecule has 2 aromatic carbocycles. The fraction of sp³-hybridized carbons (Fsp3) is 0.391. The van der Waals surface area contributed by atoms with E-state index in [1.807, 2.05) is 6.92 Å². The molecule has 0 spiro atoms. The van der Waals surface area contributed by atoms with Crippen molar-refractivity contribution in [3.63, 3.8) is 0 Å². The van der Waals surface area contributed by atoms with Crippen LogP contribution in [0.4, 0.5) is 0 Å². The highest BCUT2D eigenvalue weighted by molar-refractivity contribution is 6.31. The molecule has 0 radical (unpaired) electrons. The van der Waals surface area contributed by atoms with Crippen LogP contribution in [0.25, 0.3) is 16.7 Å². The van der Waals surface area contributed by atoms with E-state index in [1.54, 1.807) is 44.2 Å². The SMILES string of the molecule is CCC(C)(C)C(=O)OCC(COc1ccc(-n2nc3ccc(Cl)cc3n2)c(O)c1)OC(C)=O. The number of hydrogen-bond donors (Lipinski definition) is 1. The molecule has 1 atom stereocenters. The summed E-state index contributed by atoms with van der Waals surface area (Å²) >= 11 is 5.99. The quantitative estimate of drug-likeness (QED) is 0.461. The van der Waals surface area contributed by atoms with Gasteiger partial charge in [-0.3, -0.25) is 9.59 Å². The number of carbonyl (C=O) groups is 2. The van der Waals surface area contributed by atoms with Gasteiger partial charge >= 0.3 is 11.9 Å². The van der Waals surface area contributed by atoms with E-state index < -0.39 is 17.5 Å². The number of ether oxygens (including phenoxy) is 3. The van der Waals surface area contributed by atoms with Gasteiger partial charge in [-0.25, -0.2) is 0 Å². The molecule has 10 heteroatoms. The minimum atomic E-state index is -0.802. The lowest BCUT2D eigenvalue weighted by molar-refractivity contribution is -0.165. The molecule has 9 nitrogen and oxygen atoms in total. The van der Waals surface area contributed by atoms with E-state index >= 15 is 0 Å². The highest BCUT2D eigenvalue weighted by Crippen LogP contribution is 2.27. The number of hydrogen-bond acceptors (Lipinski definition) is 8. The second-order valence-electron chi connectivity index (χ2n) is 8.15. The Hall–Kier alpha value is -3.33. The van der Waals surface area contributed by atoms with Crippen molar-refractivity contribution in [2.45, 2.75) is 40.2 Å². The van der Waals surface area contributed by atoms with Crippen LogP contribution in [0.1, 0.15) is 34.1 Å². The van der Waals surface area contributed by atoms with Crippen molar-refractivity contribution in [2.24, 2.45) is 5.41 Å². The zero-order valence-corrected chi connectivity index (χ0v) is 19.6. The van der Waals surface area contributed by atoms with Crippen molar-refractivity contribution in [1.29, 1.82) is 0 Å². The third kappa shape index (κ3) is 6.13. The van der Waals surface area contributed by atoms with Crippen molar-refractivity contribution < 1.29 is 28.9 Å². The zero-order chi connectivity index (χ0) is 24.2. The molecule has 33 heavy (non-hydrogen) atoms. The van der Waals surface area contributed by atoms with E-state index in [0.29, 0.717) is 33.9 Å². The fourth-order valence-corrected chi connectivity index (χ4v) is 2.97. The summed E-state index contributed by atoms with van der Waals surface area (Å²) in [6, 6.07) is 9.73. The van der Waals surface area contributed by atoms with Crippen LogP contribution in [0.15, 0.2) is 36.4 Å². The standard InChI is InChI=1S/C23H26ClN3O6/c1-5-23(3,4)22(30)32-13-17(33-14(2)28)12-31-16-7-9-20(21(29)11-16)27-25-18-8-6-15(24)10-19(18)26-27/h6-11,17,29H,5,12-13H2,1-4H3. The van der Waals surface area contributed by atoms with Crippen LogP contribution in [-0.4, -0.2) is 51.4 Å². The summed E-state index contributed by atoms with van der Waals surface area (Å²) < 4.78 is 16.2. The summed E-state index contributed by atoms with van der Waals surface area (Å²) in [5.41, 5.74) is 0.929. The first kappa shape index (κ1) is 24.3. The number of phenolic OH excluding ortho intramolecular Hbond substituents is 1. The molecule has 0 aliphatic rings. The number of halogens is 1. The zero-order valence-electron chi connectivity index (χ0n) is 18.9. The lowest BCUT2D eigenvalue weighted by Gasteiger charge is -2.23. The summed E-state index contributed by atoms with van der Waals surface area (Å²) in [6.45, 7) is 6.51. The second-order valence-corrected chi connectivity index (χ2v) is 8.59. The van der Waals surface area contributed by atoms with E-state index in [-0.39, 0.29) is 24.9 Å². The maximum absolute atomic E-state index is 12.2. The fourth-order valence-electron chi connectivity index (χ4n) is 2.81. The molecule has 1 unspecified atom stereocenters. The topological polar surface area (TPSA) is 113 Å². The molecule has 0 saturated carbocycles. The van der Waals surface area contributed by atoms with Crippen molar-refractivity contribution in [2.75, 3.05) is 13.2 Å². The molecular weight excluding hydrogens is 450 g/mol. The summed E-state index contributed by atoms with van der Waals surface area (Å²) in [6.07, 6.45) is -0.191. The minimum Gasteiger partial charge on any atom is -0.505 e. The minimum absolute atomic E-state index is 0.0688. The Balaban J connectivity index is 1.67. The molecule has 0 fully saturated rings. The number of aromatic nitrogens is 3. The number of benzene rings is 2. The van der Waals surface area contributed by atoms with Crippen molar-refractivity contribution in [1.82, 2.24) is 15.0 Å². The Labute approximate surface area is 196 Å². The highest BCUT2D eigenvalue weighted by atomic mass is 35.5. The summed E-state index contributed by atoms with van der Waals surface area (Å²) in [5, 5.41) is 19.7. The molecule has 176 valence electrons. The van der Waals surface area contributed by atoms with Crippen LogP contribution in [-0.2, 0) is 19.1 Å². The largest absolute Gasteiger partial charge is 0.505 e. The third-order valence-corrected chi connectivity index (χ3v) is 5.35. The number of phenols is 1. The molecule has 1 aromatic heterocycles. The van der Waals surface area contributed by atoms with E-state index in [1.165, 1.54) is 17.8 Å². The Morgan fingerprint density at radius 3 is 2.52 bits per heavy atom. The molecule has 1 N–H and O–H groups in total. The van der Waals surface area contributed by atoms with Gasteiger partial charge in [0.15, 0.2) is 6.10 Å². The van der Waals surface area contributed by atoms with Crippen LogP contribution < -0.4 is 4.74 Å². The van der Waals surface area contributed by atoms with E-state index in [4.69, 9.17) is 25.8 Å². The van der Waals surface area contributed by atoms with Crippen molar-refractivity contribution in [3.8, 4) is 17.2 Å². The Morgan fingerprint density at radius 2 is 1.85 bits per heavy atom. The van der Waals surface area contributed by atoms with Gasteiger partial charge in [-0.2, -0.15) is 0 Å². The summed E-state index contributed by atoms with van der Waals surface area (Å²) in [4.78, 5) is 24.9. The number of carbonyl (C=O) groups excluding carboxylic acids is 2. The van der Waals surface area contributed by atoms with Gasteiger partial charge in [0.25, 0.3) is 0 Å². The van der Waals surface area contributed by atoms with E-state index in [2.05, 4.69) is 10.2 Å². The van der Waals surface area contributed by atoms with Gasteiger partial charge < -0.3 is 19.3 Å². The first-order valence-electron chi connectivity index (χ1n) is 10.4. The van der Waals surface area contributed by atoms with Crippen molar-refractivity contribution in [3.05, 3.63) is 41.4 Å². The average molecular weight is 476 g/mol. The van der Waals surface area contributed by atoms with Crippen LogP contribution in [0, 0.1) is 5.41 Å². The van der Waals surface area contributed by atoms with Gasteiger partial charge in [0.05, 0.1) is 5.41 Å². The monoisotopic (exact) mass is 475 g/mol. The van der Waals surface area contributed by atoms with Gasteiger partial charge in [-0.05, 0) is 50.6 Å². The predicted octanol–water partition coefficient (Wildman–Crippen LogP) is 4.07. The van der Waals surface area contributed by atoms with E-state index in [0.717, 1.165) is 0 Å². The number of fused-ring (bicyclic) bond motifs is 1. The maximum atomic E-state index is 12.2. The Kier molecular flexibility index (Phi) is 7.43. The highest BCUT2D eigenvalue weighted by Gasteiger charge is 2.28. The summed E-state index contributed by atoms with van der Waals surface area (Å²) in [7, 11) is 0. The van der Waals surface area contributed by atoms with E-state index in [9.17, 15) is 14.7 Å². The third-order valence-electron chi connectivity index (χ3n) is 5.11. The normalized spacial score (nSPS) is 12.4. The molecular formula is C23H26ClN3O6. The van der Waals surface area contributed by atoms with Gasteiger partial charge in [-0.1, -0.05) is 18.5 Å². The number of nitrogens with zero attached hydrogens (tertiary/aromatic N) is 3. The van der Waals surface area contributed by atoms with Gasteiger partial charge in [0.1, 0.15) is 41.4 Å². The predicted molar refractivity (Wildman–Crippen MR) is 122 cm³/mol. The molecule has 3 rings (SSSR count). The number of aromatic hydroxyl groups is 1. The van der Waals surface area contributed by atoms with Gasteiger partial charge in [0, 0.05) is 18.0 Å². The van der Waals surface area contributed by atoms with Crippen LogP contribution in [0.2, 0.25) is 5.02 Å². The van der Waals surface area contributed by atoms with Crippen LogP contribution in [0.5, 0.6) is 11.5 Å². The van der Waals surface area contributed by atoms with Crippen LogP contribution in [0.3, 0.4) is 0 Å². The van der Waals surface area contributed by atoms with Gasteiger partial charge in [0.2, 0.25) is 0 Å². The first-order valence-corrected chi connectivity index (χ1v) is 10.8. The van der Waals surface area contributed by atoms with Gasteiger partial charge in [-0.15, -0.1) is 15.0 Å². The molecule has 0 aliphatic carbocycles. The lowest BCUT2D eigenvalue weighted by Crippen LogP contribution is -2.33. The molecule has 0 amide bonds.